The van der Waals surface area contributed by atoms with Gasteiger partial charge >= 0.3 is 0 Å². The topological polar surface area (TPSA) is 39.9 Å². The van der Waals surface area contributed by atoms with Gasteiger partial charge in [0.1, 0.15) is 0 Å². The third-order valence-corrected chi connectivity index (χ3v) is 2.38. The summed E-state index contributed by atoms with van der Waals surface area (Å²) in [5, 5.41) is 8.57. The molecule has 0 aliphatic heterocycles. The normalized spacial score (nSPS) is 10.1. The lowest BCUT2D eigenvalue weighted by Crippen LogP contribution is -2.23. The van der Waals surface area contributed by atoms with E-state index in [1.807, 2.05) is 24.0 Å². The van der Waals surface area contributed by atoms with Crippen LogP contribution in [0.15, 0.2) is 22.8 Å². The van der Waals surface area contributed by atoms with E-state index in [1.165, 1.54) is 0 Å². The van der Waals surface area contributed by atoms with Crippen molar-refractivity contribution in [1.29, 1.82) is 5.26 Å². The smallest absolute Gasteiger partial charge is 0.0869 e. The van der Waals surface area contributed by atoms with Gasteiger partial charge in [-0.2, -0.15) is 5.26 Å². The molecule has 0 amide bonds. The summed E-state index contributed by atoms with van der Waals surface area (Å²) in [5.41, 5.74) is 0.991. The highest BCUT2D eigenvalue weighted by atomic mass is 79.9. The first-order valence-electron chi connectivity index (χ1n) is 4.46. The zero-order valence-electron chi connectivity index (χ0n) is 8.07. The maximum Gasteiger partial charge on any atom is 0.0869 e. The lowest BCUT2D eigenvalue weighted by atomic mass is 10.3. The predicted octanol–water partition coefficient (Wildman–Crippen LogP) is 2.19. The van der Waals surface area contributed by atoms with Crippen molar-refractivity contribution in [3.8, 4) is 6.07 Å². The van der Waals surface area contributed by atoms with Crippen molar-refractivity contribution in [2.45, 2.75) is 13.5 Å². The van der Waals surface area contributed by atoms with Crippen LogP contribution in [0, 0.1) is 11.3 Å². The second-order valence-corrected chi connectivity index (χ2v) is 3.84. The molecule has 0 aliphatic carbocycles. The number of rotatable bonds is 4. The van der Waals surface area contributed by atoms with Crippen LogP contribution in [0.2, 0.25) is 0 Å². The molecule has 0 spiro atoms. The molecule has 1 rings (SSSR count). The minimum Gasteiger partial charge on any atom is -0.285 e. The number of nitriles is 1. The van der Waals surface area contributed by atoms with Crippen LogP contribution in [0.1, 0.15) is 12.6 Å². The van der Waals surface area contributed by atoms with Crippen LogP contribution in [0.3, 0.4) is 0 Å². The lowest BCUT2D eigenvalue weighted by molar-refractivity contribution is 0.311. The van der Waals surface area contributed by atoms with Crippen LogP contribution < -0.4 is 0 Å². The first-order valence-corrected chi connectivity index (χ1v) is 5.25. The van der Waals surface area contributed by atoms with Gasteiger partial charge in [-0.05, 0) is 34.6 Å². The van der Waals surface area contributed by atoms with Gasteiger partial charge in [0.2, 0.25) is 0 Å². The van der Waals surface area contributed by atoms with Crippen molar-refractivity contribution in [1.82, 2.24) is 9.88 Å². The van der Waals surface area contributed by atoms with Crippen molar-refractivity contribution < 1.29 is 0 Å². The number of pyridine rings is 1. The Labute approximate surface area is 92.5 Å². The van der Waals surface area contributed by atoms with Crippen molar-refractivity contribution >= 4 is 15.9 Å². The van der Waals surface area contributed by atoms with Crippen LogP contribution in [0.25, 0.3) is 0 Å². The molecule has 1 aromatic rings. The first kappa shape index (κ1) is 11.2. The van der Waals surface area contributed by atoms with Crippen LogP contribution in [-0.4, -0.2) is 23.0 Å². The van der Waals surface area contributed by atoms with E-state index < -0.39 is 0 Å². The molecule has 0 radical (unpaired) electrons. The van der Waals surface area contributed by atoms with Crippen molar-refractivity contribution in [3.05, 3.63) is 28.5 Å². The second-order valence-electron chi connectivity index (χ2n) is 2.93. The number of halogens is 1. The number of hydrogen-bond acceptors (Lipinski definition) is 3. The predicted molar refractivity (Wildman–Crippen MR) is 58.5 cm³/mol. The molecular formula is C10H12BrN3. The third kappa shape index (κ3) is 3.44. The summed E-state index contributed by atoms with van der Waals surface area (Å²) in [6.45, 7) is 4.09. The summed E-state index contributed by atoms with van der Waals surface area (Å²) < 4.78 is 0.976. The van der Waals surface area contributed by atoms with Crippen molar-refractivity contribution in [2.24, 2.45) is 0 Å². The number of nitrogens with zero attached hydrogens (tertiary/aromatic N) is 3. The fourth-order valence-corrected chi connectivity index (χ4v) is 1.34. The zero-order chi connectivity index (χ0) is 10.4. The first-order chi connectivity index (χ1) is 6.76. The monoisotopic (exact) mass is 253 g/mol. The van der Waals surface area contributed by atoms with E-state index in [0.29, 0.717) is 6.54 Å². The maximum absolute atomic E-state index is 8.57. The summed E-state index contributed by atoms with van der Waals surface area (Å²) in [7, 11) is 0. The molecule has 4 heteroatoms. The summed E-state index contributed by atoms with van der Waals surface area (Å²) in [4.78, 5) is 6.29. The molecule has 0 fully saturated rings. The van der Waals surface area contributed by atoms with Gasteiger partial charge in [0.25, 0.3) is 0 Å². The second kappa shape index (κ2) is 5.74. The Morgan fingerprint density at radius 2 is 2.36 bits per heavy atom. The molecule has 0 atom stereocenters. The Morgan fingerprint density at radius 1 is 1.57 bits per heavy atom. The number of aromatic nitrogens is 1. The maximum atomic E-state index is 8.57. The van der Waals surface area contributed by atoms with E-state index >= 15 is 0 Å². The Kier molecular flexibility index (Phi) is 4.57. The van der Waals surface area contributed by atoms with Gasteiger partial charge < -0.3 is 0 Å². The minimum absolute atomic E-state index is 0.453. The van der Waals surface area contributed by atoms with Crippen LogP contribution in [0.4, 0.5) is 0 Å². The van der Waals surface area contributed by atoms with Crippen LogP contribution >= 0.6 is 15.9 Å². The molecule has 1 heterocycles. The lowest BCUT2D eigenvalue weighted by Gasteiger charge is -2.15. The Balaban J connectivity index is 2.59. The van der Waals surface area contributed by atoms with Crippen LogP contribution in [-0.2, 0) is 6.54 Å². The van der Waals surface area contributed by atoms with Gasteiger partial charge in [0.15, 0.2) is 0 Å². The average molecular weight is 254 g/mol. The molecular weight excluding hydrogens is 242 g/mol. The fraction of sp³-hybridized carbons (Fsp3) is 0.400. The highest BCUT2D eigenvalue weighted by Gasteiger charge is 2.03. The van der Waals surface area contributed by atoms with Crippen LogP contribution in [0.5, 0.6) is 0 Å². The molecule has 0 aliphatic rings. The van der Waals surface area contributed by atoms with Gasteiger partial charge in [-0.15, -0.1) is 0 Å². The van der Waals surface area contributed by atoms with Crippen molar-refractivity contribution in [2.75, 3.05) is 13.1 Å². The highest BCUT2D eigenvalue weighted by molar-refractivity contribution is 9.10. The molecule has 0 aromatic carbocycles. The summed E-state index contributed by atoms with van der Waals surface area (Å²) >= 11 is 3.33. The largest absolute Gasteiger partial charge is 0.285 e. The number of hydrogen-bond donors (Lipinski definition) is 0. The van der Waals surface area contributed by atoms with E-state index in [2.05, 4.69) is 27.0 Å². The molecule has 1 aromatic heterocycles. The van der Waals surface area contributed by atoms with Gasteiger partial charge in [0, 0.05) is 17.2 Å². The summed E-state index contributed by atoms with van der Waals surface area (Å²) in [6.07, 6.45) is 1.77. The quantitative estimate of drug-likeness (QED) is 0.773. The Bertz CT molecular complexity index is 315. The molecule has 14 heavy (non-hydrogen) atoms. The third-order valence-electron chi connectivity index (χ3n) is 1.92. The SMILES string of the molecule is CCN(CC#N)Cc1ccc(Br)cn1. The Morgan fingerprint density at radius 3 is 2.86 bits per heavy atom. The standard InChI is InChI=1S/C10H12BrN3/c1-2-14(6-5-12)8-10-4-3-9(11)7-13-10/h3-4,7H,2,6,8H2,1H3. The molecule has 74 valence electrons. The molecule has 0 bridgehead atoms. The zero-order valence-corrected chi connectivity index (χ0v) is 9.66. The van der Waals surface area contributed by atoms with Gasteiger partial charge in [-0.25, -0.2) is 0 Å². The molecule has 0 N–H and O–H groups in total. The van der Waals surface area contributed by atoms with E-state index in [9.17, 15) is 0 Å². The van der Waals surface area contributed by atoms with E-state index in [1.54, 1.807) is 6.20 Å². The van der Waals surface area contributed by atoms with E-state index in [-0.39, 0.29) is 0 Å². The fourth-order valence-electron chi connectivity index (χ4n) is 1.11. The molecule has 0 unspecified atom stereocenters. The van der Waals surface area contributed by atoms with E-state index in [0.717, 1.165) is 23.3 Å². The molecule has 3 nitrogen and oxygen atoms in total. The summed E-state index contributed by atoms with van der Waals surface area (Å²) in [5.74, 6) is 0. The van der Waals surface area contributed by atoms with Gasteiger partial charge in [-0.1, -0.05) is 6.92 Å². The highest BCUT2D eigenvalue weighted by Crippen LogP contribution is 2.08. The molecule has 0 saturated heterocycles. The Hall–Kier alpha value is -0.920. The summed E-state index contributed by atoms with van der Waals surface area (Å²) in [6, 6.07) is 6.06. The molecule has 0 saturated carbocycles. The minimum atomic E-state index is 0.453. The average Bonchev–Trinajstić information content (AvgIpc) is 2.20. The van der Waals surface area contributed by atoms with Gasteiger partial charge in [-0.3, -0.25) is 9.88 Å². The van der Waals surface area contributed by atoms with Gasteiger partial charge in [0.05, 0.1) is 18.3 Å². The van der Waals surface area contributed by atoms with Crippen molar-refractivity contribution in [3.63, 3.8) is 0 Å². The van der Waals surface area contributed by atoms with E-state index in [4.69, 9.17) is 5.26 Å².